The molecule has 0 spiro atoms. The summed E-state index contributed by atoms with van der Waals surface area (Å²) < 4.78 is 1.00. The molecule has 1 aromatic rings. The highest BCUT2D eigenvalue weighted by atomic mass is 32.2. The Labute approximate surface area is 106 Å². The second-order valence-electron chi connectivity index (χ2n) is 4.11. The Kier molecular flexibility index (Phi) is 5.51. The Morgan fingerprint density at radius 3 is 2.62 bits per heavy atom. The van der Waals surface area contributed by atoms with Gasteiger partial charge in [0.05, 0.1) is 0 Å². The molecule has 0 fully saturated rings. The van der Waals surface area contributed by atoms with Crippen molar-refractivity contribution in [1.82, 2.24) is 10.2 Å². The lowest BCUT2D eigenvalue weighted by atomic mass is 10.0. The Morgan fingerprint density at radius 1 is 1.44 bits per heavy atom. The van der Waals surface area contributed by atoms with Crippen LogP contribution in [-0.2, 0) is 0 Å². The molecule has 1 aromatic heterocycles. The quantitative estimate of drug-likeness (QED) is 0.794. The summed E-state index contributed by atoms with van der Waals surface area (Å²) in [7, 11) is 3.94. The van der Waals surface area contributed by atoms with Crippen LogP contribution in [0.3, 0.4) is 0 Å². The van der Waals surface area contributed by atoms with Crippen LogP contribution in [-0.4, -0.2) is 36.1 Å². The summed E-state index contributed by atoms with van der Waals surface area (Å²) in [5, 5.41) is 9.16. The van der Waals surface area contributed by atoms with Crippen LogP contribution in [0.4, 0.5) is 5.13 Å². The van der Waals surface area contributed by atoms with Crippen molar-refractivity contribution < 1.29 is 0 Å². The summed E-state index contributed by atoms with van der Waals surface area (Å²) in [6.07, 6.45) is 1.13. The van der Waals surface area contributed by atoms with Crippen LogP contribution < -0.4 is 10.6 Å². The van der Waals surface area contributed by atoms with Gasteiger partial charge in [-0.2, -0.15) is 0 Å². The number of nitrogens with zero attached hydrogens (tertiary/aromatic N) is 3. The Bertz CT molecular complexity index is 314. The van der Waals surface area contributed by atoms with E-state index in [-0.39, 0.29) is 6.04 Å². The van der Waals surface area contributed by atoms with Gasteiger partial charge in [-0.15, -0.1) is 10.2 Å². The molecule has 16 heavy (non-hydrogen) atoms. The molecule has 0 aromatic carbocycles. The average molecular weight is 260 g/mol. The van der Waals surface area contributed by atoms with Gasteiger partial charge < -0.3 is 10.6 Å². The van der Waals surface area contributed by atoms with Crippen LogP contribution in [0.2, 0.25) is 0 Å². The van der Waals surface area contributed by atoms with Crippen LogP contribution >= 0.6 is 23.1 Å². The van der Waals surface area contributed by atoms with Gasteiger partial charge in [-0.25, -0.2) is 0 Å². The number of hydrogen-bond acceptors (Lipinski definition) is 6. The minimum absolute atomic E-state index is 0.238. The summed E-state index contributed by atoms with van der Waals surface area (Å²) in [4.78, 5) is 1.97. The van der Waals surface area contributed by atoms with Gasteiger partial charge in [-0.1, -0.05) is 43.4 Å². The molecule has 0 aliphatic carbocycles. The summed E-state index contributed by atoms with van der Waals surface area (Å²) in [6.45, 7) is 4.36. The van der Waals surface area contributed by atoms with Crippen molar-refractivity contribution in [2.75, 3.05) is 24.7 Å². The zero-order valence-corrected chi connectivity index (χ0v) is 11.9. The van der Waals surface area contributed by atoms with Crippen molar-refractivity contribution in [3.63, 3.8) is 0 Å². The first kappa shape index (κ1) is 13.7. The molecule has 0 aliphatic heterocycles. The van der Waals surface area contributed by atoms with Crippen molar-refractivity contribution in [2.24, 2.45) is 11.7 Å². The molecule has 0 amide bonds. The molecule has 6 heteroatoms. The molecule has 92 valence electrons. The average Bonchev–Trinajstić information content (AvgIpc) is 2.73. The van der Waals surface area contributed by atoms with E-state index in [0.717, 1.165) is 21.6 Å². The Morgan fingerprint density at radius 2 is 2.12 bits per heavy atom. The molecule has 0 saturated heterocycles. The minimum atomic E-state index is 0.238. The van der Waals surface area contributed by atoms with Crippen LogP contribution in [0.5, 0.6) is 0 Å². The number of nitrogens with two attached hydrogens (primary N) is 1. The number of anilines is 1. The van der Waals surface area contributed by atoms with E-state index in [4.69, 9.17) is 5.73 Å². The first-order valence-corrected chi connectivity index (χ1v) is 7.24. The normalized spacial score (nSPS) is 14.8. The van der Waals surface area contributed by atoms with Crippen molar-refractivity contribution in [2.45, 2.75) is 30.6 Å². The Balaban J connectivity index is 2.42. The predicted molar refractivity (Wildman–Crippen MR) is 72.4 cm³/mol. The lowest BCUT2D eigenvalue weighted by Gasteiger charge is -2.16. The van der Waals surface area contributed by atoms with Crippen LogP contribution in [0.25, 0.3) is 0 Å². The predicted octanol–water partition coefficient (Wildman–Crippen LogP) is 2.07. The minimum Gasteiger partial charge on any atom is -0.353 e. The SMILES string of the molecule is CCC(C)C(N)CSc1nnc(N(C)C)s1. The lowest BCUT2D eigenvalue weighted by Crippen LogP contribution is -2.30. The van der Waals surface area contributed by atoms with Gasteiger partial charge in [0.25, 0.3) is 0 Å². The standard InChI is InChI=1S/C10H20N4S2/c1-5-7(2)8(11)6-15-10-13-12-9(16-10)14(3)4/h7-8H,5-6,11H2,1-4H3. The number of hydrogen-bond donors (Lipinski definition) is 1. The molecule has 2 unspecified atom stereocenters. The molecular weight excluding hydrogens is 240 g/mol. The summed E-state index contributed by atoms with van der Waals surface area (Å²) >= 11 is 3.32. The van der Waals surface area contributed by atoms with Gasteiger partial charge in [0.1, 0.15) is 0 Å². The van der Waals surface area contributed by atoms with E-state index in [1.165, 1.54) is 0 Å². The van der Waals surface area contributed by atoms with E-state index >= 15 is 0 Å². The number of aromatic nitrogens is 2. The van der Waals surface area contributed by atoms with Crippen molar-refractivity contribution in [1.29, 1.82) is 0 Å². The zero-order chi connectivity index (χ0) is 12.1. The fourth-order valence-corrected chi connectivity index (χ4v) is 3.00. The van der Waals surface area contributed by atoms with Gasteiger partial charge in [-0.05, 0) is 5.92 Å². The third-order valence-electron chi connectivity index (χ3n) is 2.55. The van der Waals surface area contributed by atoms with Gasteiger partial charge in [0.2, 0.25) is 5.13 Å². The summed E-state index contributed by atoms with van der Waals surface area (Å²) in [6, 6.07) is 0.238. The smallest absolute Gasteiger partial charge is 0.208 e. The van der Waals surface area contributed by atoms with Crippen LogP contribution in [0.1, 0.15) is 20.3 Å². The van der Waals surface area contributed by atoms with E-state index in [0.29, 0.717) is 5.92 Å². The van der Waals surface area contributed by atoms with Crippen molar-refractivity contribution >= 4 is 28.2 Å². The maximum absolute atomic E-state index is 6.07. The van der Waals surface area contributed by atoms with Crippen LogP contribution in [0, 0.1) is 5.92 Å². The Hall–Kier alpha value is -0.330. The van der Waals surface area contributed by atoms with E-state index in [2.05, 4.69) is 24.0 Å². The molecule has 4 nitrogen and oxygen atoms in total. The van der Waals surface area contributed by atoms with E-state index in [1.54, 1.807) is 23.1 Å². The monoisotopic (exact) mass is 260 g/mol. The zero-order valence-electron chi connectivity index (χ0n) is 10.3. The lowest BCUT2D eigenvalue weighted by molar-refractivity contribution is 0.475. The van der Waals surface area contributed by atoms with E-state index < -0.39 is 0 Å². The molecule has 0 saturated carbocycles. The summed E-state index contributed by atoms with van der Waals surface area (Å²) in [5.41, 5.74) is 6.07. The molecule has 1 rings (SSSR count). The van der Waals surface area contributed by atoms with E-state index in [9.17, 15) is 0 Å². The fourth-order valence-electron chi connectivity index (χ4n) is 1.08. The largest absolute Gasteiger partial charge is 0.353 e. The van der Waals surface area contributed by atoms with Gasteiger partial charge in [-0.3, -0.25) is 0 Å². The second-order valence-corrected chi connectivity index (χ2v) is 6.33. The molecule has 0 aliphatic rings. The molecule has 1 heterocycles. The fraction of sp³-hybridized carbons (Fsp3) is 0.800. The van der Waals surface area contributed by atoms with Gasteiger partial charge in [0, 0.05) is 25.9 Å². The second kappa shape index (κ2) is 6.42. The van der Waals surface area contributed by atoms with Crippen molar-refractivity contribution in [3.8, 4) is 0 Å². The first-order valence-electron chi connectivity index (χ1n) is 5.43. The third-order valence-corrected chi connectivity index (χ3v) is 4.92. The molecule has 0 bridgehead atoms. The highest BCUT2D eigenvalue weighted by Gasteiger charge is 2.13. The topological polar surface area (TPSA) is 55.0 Å². The molecule has 0 radical (unpaired) electrons. The third kappa shape index (κ3) is 3.92. The van der Waals surface area contributed by atoms with Crippen molar-refractivity contribution in [3.05, 3.63) is 0 Å². The van der Waals surface area contributed by atoms with Gasteiger partial charge in [0.15, 0.2) is 4.34 Å². The molecule has 2 atom stereocenters. The molecule has 2 N–H and O–H groups in total. The highest BCUT2D eigenvalue weighted by molar-refractivity contribution is 8.01. The summed E-state index contributed by atoms with van der Waals surface area (Å²) in [5.74, 6) is 1.48. The number of thioether (sulfide) groups is 1. The molecular formula is C10H20N4S2. The van der Waals surface area contributed by atoms with E-state index in [1.807, 2.05) is 19.0 Å². The number of rotatable bonds is 6. The maximum Gasteiger partial charge on any atom is 0.208 e. The first-order chi connectivity index (χ1) is 7.54. The van der Waals surface area contributed by atoms with Gasteiger partial charge >= 0.3 is 0 Å². The maximum atomic E-state index is 6.07. The van der Waals surface area contributed by atoms with Crippen LogP contribution in [0.15, 0.2) is 4.34 Å². The highest BCUT2D eigenvalue weighted by Crippen LogP contribution is 2.27.